The molecule has 0 spiro atoms. The van der Waals surface area contributed by atoms with Gasteiger partial charge in [0.15, 0.2) is 0 Å². The maximum absolute atomic E-state index is 14.6. The molecule has 0 bridgehead atoms. The summed E-state index contributed by atoms with van der Waals surface area (Å²) < 4.78 is 20.9. The van der Waals surface area contributed by atoms with Gasteiger partial charge in [-0.05, 0) is 76.6 Å². The highest BCUT2D eigenvalue weighted by Crippen LogP contribution is 2.38. The van der Waals surface area contributed by atoms with Crippen LogP contribution in [-0.2, 0) is 6.42 Å². The van der Waals surface area contributed by atoms with Gasteiger partial charge in [0.1, 0.15) is 17.2 Å². The summed E-state index contributed by atoms with van der Waals surface area (Å²) in [5, 5.41) is 0. The number of hydrogen-bond donors (Lipinski definition) is 0. The molecule has 132 valence electrons. The van der Waals surface area contributed by atoms with Crippen molar-refractivity contribution in [1.82, 2.24) is 0 Å². The van der Waals surface area contributed by atoms with Crippen LogP contribution in [0.25, 0.3) is 6.08 Å². The van der Waals surface area contributed by atoms with E-state index in [1.807, 2.05) is 19.1 Å². The molecule has 0 fully saturated rings. The molecule has 24 heavy (non-hydrogen) atoms. The molecule has 0 saturated heterocycles. The first kappa shape index (κ1) is 18.8. The van der Waals surface area contributed by atoms with Crippen LogP contribution >= 0.6 is 0 Å². The van der Waals surface area contributed by atoms with Crippen molar-refractivity contribution in [2.24, 2.45) is 0 Å². The van der Waals surface area contributed by atoms with Gasteiger partial charge in [-0.1, -0.05) is 37.5 Å². The van der Waals surface area contributed by atoms with E-state index in [-0.39, 0.29) is 11.4 Å². The summed E-state index contributed by atoms with van der Waals surface area (Å²) in [6, 6.07) is 1.93. The number of rotatable bonds is 7. The third-order valence-corrected chi connectivity index (χ3v) is 4.77. The Morgan fingerprint density at radius 1 is 1.29 bits per heavy atom. The topological polar surface area (TPSA) is 9.23 Å². The van der Waals surface area contributed by atoms with Gasteiger partial charge in [-0.15, -0.1) is 0 Å². The molecule has 0 radical (unpaired) electrons. The van der Waals surface area contributed by atoms with Crippen molar-refractivity contribution in [2.45, 2.75) is 78.7 Å². The molecule has 2 rings (SSSR count). The highest BCUT2D eigenvalue weighted by Gasteiger charge is 2.28. The summed E-state index contributed by atoms with van der Waals surface area (Å²) in [4.78, 5) is 0. The largest absolute Gasteiger partial charge is 0.483 e. The SMILES string of the molecule is CCCCCc1cc2c(c(C)c1F)C=CC(C)(CCC=C(C)C)O2. The molecule has 1 atom stereocenters. The molecule has 0 aromatic heterocycles. The number of unbranched alkanes of at least 4 members (excludes halogenated alkanes) is 2. The lowest BCUT2D eigenvalue weighted by molar-refractivity contribution is 0.128. The summed E-state index contributed by atoms with van der Waals surface area (Å²) in [7, 11) is 0. The standard InChI is InChI=1S/C22H31FO/c1-6-7-8-11-18-15-20-19(17(4)21(18)23)12-14-22(5,24-20)13-9-10-16(2)3/h10,12,14-15H,6-9,11,13H2,1-5H3. The average Bonchev–Trinajstić information content (AvgIpc) is 2.51. The Bertz CT molecular complexity index is 638. The molecule has 1 aliphatic rings. The van der Waals surface area contributed by atoms with Gasteiger partial charge in [-0.25, -0.2) is 4.39 Å². The second-order valence-corrected chi connectivity index (χ2v) is 7.41. The molecule has 1 unspecified atom stereocenters. The lowest BCUT2D eigenvalue weighted by atomic mass is 9.91. The van der Waals surface area contributed by atoms with Gasteiger partial charge in [0.2, 0.25) is 0 Å². The molecule has 1 aromatic carbocycles. The predicted octanol–water partition coefficient (Wildman–Crippen LogP) is 6.78. The van der Waals surface area contributed by atoms with Crippen molar-refractivity contribution >= 4 is 6.08 Å². The summed E-state index contributed by atoms with van der Waals surface area (Å²) in [6.45, 7) is 10.4. The van der Waals surface area contributed by atoms with Crippen LogP contribution in [0.4, 0.5) is 4.39 Å². The van der Waals surface area contributed by atoms with Crippen LogP contribution < -0.4 is 4.74 Å². The van der Waals surface area contributed by atoms with E-state index in [9.17, 15) is 4.39 Å². The van der Waals surface area contributed by atoms with Crippen LogP contribution in [0.15, 0.2) is 23.8 Å². The third-order valence-electron chi connectivity index (χ3n) is 4.77. The molecule has 1 nitrogen and oxygen atoms in total. The van der Waals surface area contributed by atoms with Crippen LogP contribution in [0.3, 0.4) is 0 Å². The fourth-order valence-corrected chi connectivity index (χ4v) is 3.21. The average molecular weight is 330 g/mol. The first-order chi connectivity index (χ1) is 11.4. The van der Waals surface area contributed by atoms with Crippen molar-refractivity contribution in [3.8, 4) is 5.75 Å². The minimum atomic E-state index is -0.316. The van der Waals surface area contributed by atoms with Crippen molar-refractivity contribution in [2.75, 3.05) is 0 Å². The maximum atomic E-state index is 14.6. The Hall–Kier alpha value is -1.57. The van der Waals surface area contributed by atoms with Crippen molar-refractivity contribution in [3.63, 3.8) is 0 Å². The molecule has 0 aliphatic carbocycles. The van der Waals surface area contributed by atoms with Gasteiger partial charge < -0.3 is 4.74 Å². The number of allylic oxidation sites excluding steroid dienone is 2. The summed E-state index contributed by atoms with van der Waals surface area (Å²) in [6.07, 6.45) is 12.4. The lowest BCUT2D eigenvalue weighted by Gasteiger charge is -2.32. The van der Waals surface area contributed by atoms with Crippen LogP contribution in [0.1, 0.15) is 76.5 Å². The summed E-state index contributed by atoms with van der Waals surface area (Å²) in [5.41, 5.74) is 3.41. The lowest BCUT2D eigenvalue weighted by Crippen LogP contribution is -2.32. The number of hydrogen-bond acceptors (Lipinski definition) is 1. The van der Waals surface area contributed by atoms with E-state index in [1.54, 1.807) is 0 Å². The normalized spacial score (nSPS) is 18.9. The van der Waals surface area contributed by atoms with Crippen molar-refractivity contribution in [3.05, 3.63) is 46.3 Å². The Balaban J connectivity index is 2.21. The zero-order valence-electron chi connectivity index (χ0n) is 15.8. The van der Waals surface area contributed by atoms with Gasteiger partial charge in [0, 0.05) is 5.56 Å². The summed E-state index contributed by atoms with van der Waals surface area (Å²) in [5.74, 6) is 0.772. The third kappa shape index (κ3) is 4.49. The molecule has 1 aromatic rings. The van der Waals surface area contributed by atoms with E-state index in [1.165, 1.54) is 5.57 Å². The molecule has 1 aliphatic heterocycles. The van der Waals surface area contributed by atoms with Gasteiger partial charge in [-0.3, -0.25) is 0 Å². The number of fused-ring (bicyclic) bond motifs is 1. The van der Waals surface area contributed by atoms with Crippen LogP contribution in [0.5, 0.6) is 5.75 Å². The fraction of sp³-hybridized carbons (Fsp3) is 0.545. The number of benzene rings is 1. The van der Waals surface area contributed by atoms with Gasteiger partial charge in [-0.2, -0.15) is 0 Å². The zero-order chi connectivity index (χ0) is 17.7. The molecule has 0 amide bonds. The van der Waals surface area contributed by atoms with Crippen LogP contribution in [-0.4, -0.2) is 5.60 Å². The van der Waals surface area contributed by atoms with Crippen LogP contribution in [0.2, 0.25) is 0 Å². The van der Waals surface area contributed by atoms with E-state index in [0.717, 1.165) is 55.4 Å². The molecule has 0 saturated carbocycles. The zero-order valence-corrected chi connectivity index (χ0v) is 15.8. The van der Waals surface area contributed by atoms with E-state index in [2.05, 4.69) is 39.8 Å². The quantitative estimate of drug-likeness (QED) is 0.395. The summed E-state index contributed by atoms with van der Waals surface area (Å²) >= 11 is 0. The number of aryl methyl sites for hydroxylation is 1. The van der Waals surface area contributed by atoms with Crippen LogP contribution in [0, 0.1) is 12.7 Å². The Kier molecular flexibility index (Phi) is 6.26. The second kappa shape index (κ2) is 8.00. The van der Waals surface area contributed by atoms with Gasteiger partial charge in [0.05, 0.1) is 0 Å². The minimum Gasteiger partial charge on any atom is -0.483 e. The number of halogens is 1. The Morgan fingerprint density at radius 2 is 2.04 bits per heavy atom. The molecular formula is C22H31FO. The first-order valence-electron chi connectivity index (χ1n) is 9.20. The smallest absolute Gasteiger partial charge is 0.130 e. The monoisotopic (exact) mass is 330 g/mol. The molecular weight excluding hydrogens is 299 g/mol. The predicted molar refractivity (Wildman–Crippen MR) is 101 cm³/mol. The molecule has 1 heterocycles. The van der Waals surface area contributed by atoms with E-state index >= 15 is 0 Å². The minimum absolute atomic E-state index is 0.0637. The first-order valence-corrected chi connectivity index (χ1v) is 9.20. The second-order valence-electron chi connectivity index (χ2n) is 7.41. The van der Waals surface area contributed by atoms with Crippen molar-refractivity contribution in [1.29, 1.82) is 0 Å². The maximum Gasteiger partial charge on any atom is 0.130 e. The molecule has 2 heteroatoms. The molecule has 0 N–H and O–H groups in total. The van der Waals surface area contributed by atoms with Crippen molar-refractivity contribution < 1.29 is 9.13 Å². The highest BCUT2D eigenvalue weighted by molar-refractivity contribution is 5.65. The fourth-order valence-electron chi connectivity index (χ4n) is 3.21. The van der Waals surface area contributed by atoms with Gasteiger partial charge >= 0.3 is 0 Å². The van der Waals surface area contributed by atoms with E-state index in [4.69, 9.17) is 4.74 Å². The van der Waals surface area contributed by atoms with E-state index < -0.39 is 0 Å². The Morgan fingerprint density at radius 3 is 2.71 bits per heavy atom. The number of ether oxygens (including phenoxy) is 1. The highest BCUT2D eigenvalue weighted by atomic mass is 19.1. The van der Waals surface area contributed by atoms with E-state index in [0.29, 0.717) is 5.56 Å². The Labute approximate surface area is 146 Å². The van der Waals surface area contributed by atoms with Gasteiger partial charge in [0.25, 0.3) is 0 Å².